The van der Waals surface area contributed by atoms with Crippen LogP contribution in [0.3, 0.4) is 0 Å². The van der Waals surface area contributed by atoms with Gasteiger partial charge in [0.2, 0.25) is 0 Å². The highest BCUT2D eigenvalue weighted by molar-refractivity contribution is 9.10. The second-order valence-electron chi connectivity index (χ2n) is 4.64. The van der Waals surface area contributed by atoms with Gasteiger partial charge in [-0.2, -0.15) is 0 Å². The number of rotatable bonds is 3. The smallest absolute Gasteiger partial charge is 0.150 e. The van der Waals surface area contributed by atoms with Crippen LogP contribution < -0.4 is 4.74 Å². The average molecular weight is 317 g/mol. The molecule has 0 heterocycles. The van der Waals surface area contributed by atoms with Gasteiger partial charge in [0.15, 0.2) is 0 Å². The molecule has 0 aliphatic heterocycles. The number of fused-ring (bicyclic) bond motifs is 1. The number of hydrogen-bond donors (Lipinski definition) is 0. The van der Waals surface area contributed by atoms with Crippen molar-refractivity contribution in [1.82, 2.24) is 0 Å². The minimum Gasteiger partial charge on any atom is -0.486 e. The first-order valence-electron chi connectivity index (χ1n) is 6.27. The molecule has 3 heteroatoms. The van der Waals surface area contributed by atoms with Crippen molar-refractivity contribution < 1.29 is 9.53 Å². The first-order valence-corrected chi connectivity index (χ1v) is 7.06. The standard InChI is InChI=1S/C16H13BrO2/c17-15-3-1-2-14-13(15)8-9-16(14)19-12-6-4-11(10-18)5-7-12/h1-7,10,16H,8-9H2/t16-/m1/s1. The molecule has 1 aliphatic carbocycles. The molecule has 0 bridgehead atoms. The molecule has 3 rings (SSSR count). The highest BCUT2D eigenvalue weighted by Gasteiger charge is 2.25. The Morgan fingerprint density at radius 1 is 1.16 bits per heavy atom. The van der Waals surface area contributed by atoms with E-state index < -0.39 is 0 Å². The highest BCUT2D eigenvalue weighted by Crippen LogP contribution is 2.38. The first-order chi connectivity index (χ1) is 9.28. The van der Waals surface area contributed by atoms with Crippen LogP contribution >= 0.6 is 15.9 Å². The Morgan fingerprint density at radius 3 is 2.68 bits per heavy atom. The lowest BCUT2D eigenvalue weighted by molar-refractivity contribution is 0.112. The van der Waals surface area contributed by atoms with Crippen molar-refractivity contribution in [3.63, 3.8) is 0 Å². The van der Waals surface area contributed by atoms with Crippen molar-refractivity contribution in [2.24, 2.45) is 0 Å². The normalized spacial score (nSPS) is 17.0. The molecular weight excluding hydrogens is 304 g/mol. The van der Waals surface area contributed by atoms with Gasteiger partial charge in [0.05, 0.1) is 0 Å². The van der Waals surface area contributed by atoms with E-state index in [1.807, 2.05) is 18.2 Å². The van der Waals surface area contributed by atoms with Crippen molar-refractivity contribution in [3.8, 4) is 5.75 Å². The number of ether oxygens (including phenoxy) is 1. The number of carbonyl (C=O) groups excluding carboxylic acids is 1. The van der Waals surface area contributed by atoms with Crippen LogP contribution in [0.1, 0.15) is 34.0 Å². The molecule has 0 saturated carbocycles. The predicted octanol–water partition coefficient (Wildman–Crippen LogP) is 4.33. The predicted molar refractivity (Wildman–Crippen MR) is 77.7 cm³/mol. The molecule has 2 aromatic rings. The van der Waals surface area contributed by atoms with Crippen molar-refractivity contribution in [1.29, 1.82) is 0 Å². The number of benzene rings is 2. The van der Waals surface area contributed by atoms with Gasteiger partial charge in [-0.1, -0.05) is 28.1 Å². The number of hydrogen-bond acceptors (Lipinski definition) is 2. The van der Waals surface area contributed by atoms with E-state index in [-0.39, 0.29) is 6.10 Å². The summed E-state index contributed by atoms with van der Waals surface area (Å²) in [5.41, 5.74) is 3.27. The lowest BCUT2D eigenvalue weighted by Crippen LogP contribution is -2.03. The number of halogens is 1. The quantitative estimate of drug-likeness (QED) is 0.788. The largest absolute Gasteiger partial charge is 0.486 e. The zero-order chi connectivity index (χ0) is 13.2. The SMILES string of the molecule is O=Cc1ccc(O[C@@H]2CCc3c(Br)cccc32)cc1. The van der Waals surface area contributed by atoms with E-state index in [4.69, 9.17) is 4.74 Å². The van der Waals surface area contributed by atoms with Crippen LogP contribution in [0.25, 0.3) is 0 Å². The monoisotopic (exact) mass is 316 g/mol. The van der Waals surface area contributed by atoms with E-state index in [0.717, 1.165) is 29.4 Å². The summed E-state index contributed by atoms with van der Waals surface area (Å²) in [6.45, 7) is 0. The second kappa shape index (κ2) is 5.17. The maximum absolute atomic E-state index is 10.6. The van der Waals surface area contributed by atoms with Crippen molar-refractivity contribution in [2.45, 2.75) is 18.9 Å². The number of aldehydes is 1. The molecule has 2 aromatic carbocycles. The molecule has 0 fully saturated rings. The Kier molecular flexibility index (Phi) is 3.38. The maximum atomic E-state index is 10.6. The van der Waals surface area contributed by atoms with Crippen LogP contribution in [0.5, 0.6) is 5.75 Å². The highest BCUT2D eigenvalue weighted by atomic mass is 79.9. The van der Waals surface area contributed by atoms with Crippen LogP contribution in [0.2, 0.25) is 0 Å². The summed E-state index contributed by atoms with van der Waals surface area (Å²) in [6.07, 6.45) is 2.97. The minimum atomic E-state index is 0.106. The summed E-state index contributed by atoms with van der Waals surface area (Å²) >= 11 is 3.58. The average Bonchev–Trinajstić information content (AvgIpc) is 2.84. The molecule has 0 unspecified atom stereocenters. The summed E-state index contributed by atoms with van der Waals surface area (Å²) in [6, 6.07) is 13.5. The molecule has 0 N–H and O–H groups in total. The third kappa shape index (κ3) is 2.43. The molecule has 0 spiro atoms. The molecule has 0 saturated heterocycles. The Hall–Kier alpha value is -1.61. The van der Waals surface area contributed by atoms with Crippen LogP contribution in [-0.2, 0) is 6.42 Å². The maximum Gasteiger partial charge on any atom is 0.150 e. The van der Waals surface area contributed by atoms with Crippen LogP contribution in [0, 0.1) is 0 Å². The van der Waals surface area contributed by atoms with Gasteiger partial charge >= 0.3 is 0 Å². The topological polar surface area (TPSA) is 26.3 Å². The Balaban J connectivity index is 1.82. The van der Waals surface area contributed by atoms with Crippen LogP contribution in [-0.4, -0.2) is 6.29 Å². The van der Waals surface area contributed by atoms with Gasteiger partial charge in [0.1, 0.15) is 18.1 Å². The van der Waals surface area contributed by atoms with Gasteiger partial charge in [-0.05, 0) is 54.3 Å². The third-order valence-electron chi connectivity index (χ3n) is 3.45. The van der Waals surface area contributed by atoms with Gasteiger partial charge in [-0.25, -0.2) is 0 Å². The second-order valence-corrected chi connectivity index (χ2v) is 5.49. The Labute approximate surface area is 120 Å². The fourth-order valence-corrected chi connectivity index (χ4v) is 3.06. The summed E-state index contributed by atoms with van der Waals surface area (Å²) in [7, 11) is 0. The van der Waals surface area contributed by atoms with Crippen molar-refractivity contribution >= 4 is 22.2 Å². The Bertz CT molecular complexity index is 605. The van der Waals surface area contributed by atoms with E-state index in [1.165, 1.54) is 11.1 Å². The van der Waals surface area contributed by atoms with Gasteiger partial charge in [0, 0.05) is 10.0 Å². The molecule has 2 nitrogen and oxygen atoms in total. The van der Waals surface area contributed by atoms with Crippen molar-refractivity contribution in [2.75, 3.05) is 0 Å². The van der Waals surface area contributed by atoms with Crippen LogP contribution in [0.4, 0.5) is 0 Å². The zero-order valence-corrected chi connectivity index (χ0v) is 11.9. The molecule has 0 radical (unpaired) electrons. The molecule has 0 amide bonds. The molecule has 0 aromatic heterocycles. The van der Waals surface area contributed by atoms with Crippen LogP contribution in [0.15, 0.2) is 46.9 Å². The van der Waals surface area contributed by atoms with Crippen molar-refractivity contribution in [3.05, 3.63) is 63.6 Å². The van der Waals surface area contributed by atoms with E-state index in [0.29, 0.717) is 5.56 Å². The van der Waals surface area contributed by atoms with Gasteiger partial charge in [0.25, 0.3) is 0 Å². The zero-order valence-electron chi connectivity index (χ0n) is 10.3. The fraction of sp³-hybridized carbons (Fsp3) is 0.188. The fourth-order valence-electron chi connectivity index (χ4n) is 2.48. The Morgan fingerprint density at radius 2 is 1.95 bits per heavy atom. The van der Waals surface area contributed by atoms with Gasteiger partial charge < -0.3 is 4.74 Å². The minimum absolute atomic E-state index is 0.106. The summed E-state index contributed by atoms with van der Waals surface area (Å²) in [5, 5.41) is 0. The molecule has 96 valence electrons. The third-order valence-corrected chi connectivity index (χ3v) is 4.20. The summed E-state index contributed by atoms with van der Waals surface area (Å²) in [4.78, 5) is 10.6. The van der Waals surface area contributed by atoms with E-state index >= 15 is 0 Å². The number of carbonyl (C=O) groups is 1. The molecule has 1 aliphatic rings. The van der Waals surface area contributed by atoms with E-state index in [2.05, 4.69) is 28.1 Å². The first kappa shape index (κ1) is 12.4. The summed E-state index contributed by atoms with van der Waals surface area (Å²) < 4.78 is 7.18. The van der Waals surface area contributed by atoms with E-state index in [1.54, 1.807) is 12.1 Å². The lowest BCUT2D eigenvalue weighted by atomic mass is 10.1. The van der Waals surface area contributed by atoms with E-state index in [9.17, 15) is 4.79 Å². The molecule has 1 atom stereocenters. The summed E-state index contributed by atoms with van der Waals surface area (Å²) in [5.74, 6) is 0.809. The van der Waals surface area contributed by atoms with Gasteiger partial charge in [-0.3, -0.25) is 4.79 Å². The molecule has 19 heavy (non-hydrogen) atoms. The lowest BCUT2D eigenvalue weighted by Gasteiger charge is -2.15. The molecular formula is C16H13BrO2. The van der Waals surface area contributed by atoms with Gasteiger partial charge in [-0.15, -0.1) is 0 Å².